The van der Waals surface area contributed by atoms with E-state index in [0.29, 0.717) is 5.89 Å². The number of carbonyl (C=O) groups is 1. The predicted molar refractivity (Wildman–Crippen MR) is 51.7 cm³/mol. The zero-order chi connectivity index (χ0) is 10.9. The molecule has 0 saturated carbocycles. The van der Waals surface area contributed by atoms with E-state index in [1.807, 2.05) is 20.8 Å². The largest absolute Gasteiger partial charge is 0.447 e. The molecule has 0 spiro atoms. The third-order valence-corrected chi connectivity index (χ3v) is 2.45. The van der Waals surface area contributed by atoms with Gasteiger partial charge < -0.3 is 15.9 Å². The van der Waals surface area contributed by atoms with Crippen LogP contribution in [0.25, 0.3) is 0 Å². The van der Waals surface area contributed by atoms with E-state index < -0.39 is 11.3 Å². The molecule has 14 heavy (non-hydrogen) atoms. The topological polar surface area (TPSA) is 95.1 Å². The molecule has 0 bridgehead atoms. The van der Waals surface area contributed by atoms with Crippen LogP contribution in [-0.2, 0) is 5.41 Å². The average molecular weight is 197 g/mol. The highest BCUT2D eigenvalue weighted by atomic mass is 16.3. The van der Waals surface area contributed by atoms with E-state index in [4.69, 9.17) is 15.9 Å². The van der Waals surface area contributed by atoms with Crippen LogP contribution in [0.3, 0.4) is 0 Å². The molecule has 1 atom stereocenters. The van der Waals surface area contributed by atoms with Gasteiger partial charge in [-0.2, -0.15) is 0 Å². The van der Waals surface area contributed by atoms with Gasteiger partial charge in [-0.25, -0.2) is 4.98 Å². The molecule has 1 aromatic heterocycles. The molecule has 1 aromatic rings. The number of primary amides is 1. The van der Waals surface area contributed by atoms with Gasteiger partial charge in [0.15, 0.2) is 5.69 Å². The number of amides is 1. The Kier molecular flexibility index (Phi) is 2.62. The quantitative estimate of drug-likeness (QED) is 0.733. The highest BCUT2D eigenvalue weighted by molar-refractivity contribution is 5.90. The molecule has 0 unspecified atom stereocenters. The van der Waals surface area contributed by atoms with Crippen molar-refractivity contribution in [2.24, 2.45) is 11.5 Å². The lowest BCUT2D eigenvalue weighted by Gasteiger charge is -2.24. The number of nitrogens with two attached hydrogens (primary N) is 2. The maximum absolute atomic E-state index is 10.8. The van der Waals surface area contributed by atoms with Crippen LogP contribution in [0.1, 0.15) is 37.2 Å². The van der Waals surface area contributed by atoms with E-state index in [2.05, 4.69) is 4.98 Å². The molecule has 0 radical (unpaired) electrons. The van der Waals surface area contributed by atoms with Crippen molar-refractivity contribution in [1.82, 2.24) is 4.98 Å². The van der Waals surface area contributed by atoms with Crippen molar-refractivity contribution in [2.45, 2.75) is 32.2 Å². The fourth-order valence-electron chi connectivity index (χ4n) is 0.878. The maximum atomic E-state index is 10.8. The third-order valence-electron chi connectivity index (χ3n) is 2.45. The summed E-state index contributed by atoms with van der Waals surface area (Å²) in [7, 11) is 0. The fourth-order valence-corrected chi connectivity index (χ4v) is 0.878. The zero-order valence-corrected chi connectivity index (χ0v) is 8.57. The summed E-state index contributed by atoms with van der Waals surface area (Å²) in [6, 6.07) is -0.123. The smallest absolute Gasteiger partial charge is 0.270 e. The Morgan fingerprint density at radius 2 is 2.21 bits per heavy atom. The molecular formula is C9H15N3O2. The van der Waals surface area contributed by atoms with Crippen molar-refractivity contribution in [3.63, 3.8) is 0 Å². The van der Waals surface area contributed by atoms with Gasteiger partial charge in [0.25, 0.3) is 5.91 Å². The van der Waals surface area contributed by atoms with Crippen LogP contribution in [0.2, 0.25) is 0 Å². The van der Waals surface area contributed by atoms with Gasteiger partial charge in [-0.1, -0.05) is 0 Å². The van der Waals surface area contributed by atoms with Gasteiger partial charge in [0.05, 0.1) is 5.41 Å². The van der Waals surface area contributed by atoms with Crippen molar-refractivity contribution >= 4 is 5.91 Å². The van der Waals surface area contributed by atoms with Crippen molar-refractivity contribution in [1.29, 1.82) is 0 Å². The van der Waals surface area contributed by atoms with Gasteiger partial charge in [0, 0.05) is 6.04 Å². The third kappa shape index (κ3) is 1.77. The average Bonchev–Trinajstić information content (AvgIpc) is 2.51. The molecule has 0 fully saturated rings. The predicted octanol–water partition coefficient (Wildman–Crippen LogP) is 0.398. The summed E-state index contributed by atoms with van der Waals surface area (Å²) in [6.07, 6.45) is 1.25. The Bertz CT molecular complexity index is 342. The number of carbonyl (C=O) groups excluding carboxylic acids is 1. The minimum absolute atomic E-state index is 0.123. The summed E-state index contributed by atoms with van der Waals surface area (Å²) < 4.78 is 5.16. The first-order chi connectivity index (χ1) is 6.35. The van der Waals surface area contributed by atoms with Gasteiger partial charge in [0.2, 0.25) is 5.89 Å². The Morgan fingerprint density at radius 1 is 1.64 bits per heavy atom. The second-order valence-electron chi connectivity index (χ2n) is 3.91. The normalized spacial score (nSPS) is 14.0. The van der Waals surface area contributed by atoms with Crippen LogP contribution in [-0.4, -0.2) is 16.9 Å². The van der Waals surface area contributed by atoms with Gasteiger partial charge in [-0.3, -0.25) is 4.79 Å². The van der Waals surface area contributed by atoms with Crippen LogP contribution in [0.5, 0.6) is 0 Å². The van der Waals surface area contributed by atoms with Crippen molar-refractivity contribution in [2.75, 3.05) is 0 Å². The molecule has 0 aromatic carbocycles. The molecule has 1 amide bonds. The van der Waals surface area contributed by atoms with E-state index in [1.54, 1.807) is 0 Å². The molecule has 1 heterocycles. The highest BCUT2D eigenvalue weighted by Crippen LogP contribution is 2.24. The highest BCUT2D eigenvalue weighted by Gasteiger charge is 2.31. The molecule has 5 heteroatoms. The molecule has 0 aliphatic carbocycles. The standard InChI is InChI=1S/C9H15N3O2/c1-5(10)9(2,3)8-12-6(4-14-8)7(11)13/h4-5H,10H2,1-3H3,(H2,11,13)/t5-/m1/s1. The zero-order valence-electron chi connectivity index (χ0n) is 8.57. The van der Waals surface area contributed by atoms with E-state index in [0.717, 1.165) is 0 Å². The minimum Gasteiger partial charge on any atom is -0.447 e. The van der Waals surface area contributed by atoms with Crippen molar-refractivity contribution in [3.8, 4) is 0 Å². The molecule has 1 rings (SSSR count). The van der Waals surface area contributed by atoms with Crippen LogP contribution in [0.15, 0.2) is 10.7 Å². The molecule has 5 nitrogen and oxygen atoms in total. The SMILES string of the molecule is C[C@@H](N)C(C)(C)c1nc(C(N)=O)co1. The summed E-state index contributed by atoms with van der Waals surface area (Å²) in [6.45, 7) is 5.65. The van der Waals surface area contributed by atoms with E-state index in [-0.39, 0.29) is 11.7 Å². The Hall–Kier alpha value is -1.36. The lowest BCUT2D eigenvalue weighted by atomic mass is 9.86. The van der Waals surface area contributed by atoms with E-state index in [1.165, 1.54) is 6.26 Å². The van der Waals surface area contributed by atoms with Crippen LogP contribution in [0.4, 0.5) is 0 Å². The van der Waals surface area contributed by atoms with Crippen molar-refractivity contribution in [3.05, 3.63) is 17.8 Å². The second kappa shape index (κ2) is 3.42. The molecule has 0 aliphatic rings. The Balaban J connectivity index is 3.02. The van der Waals surface area contributed by atoms with Crippen LogP contribution in [0, 0.1) is 0 Å². The van der Waals surface area contributed by atoms with Crippen LogP contribution < -0.4 is 11.5 Å². The van der Waals surface area contributed by atoms with Gasteiger partial charge in [0.1, 0.15) is 6.26 Å². The molecule has 0 saturated heterocycles. The number of nitrogens with zero attached hydrogens (tertiary/aromatic N) is 1. The molecule has 78 valence electrons. The van der Waals surface area contributed by atoms with E-state index in [9.17, 15) is 4.79 Å². The molecule has 4 N–H and O–H groups in total. The fraction of sp³-hybridized carbons (Fsp3) is 0.556. The summed E-state index contributed by atoms with van der Waals surface area (Å²) in [5.41, 5.74) is 10.5. The van der Waals surface area contributed by atoms with E-state index >= 15 is 0 Å². The number of aromatic nitrogens is 1. The number of rotatable bonds is 3. The first-order valence-corrected chi connectivity index (χ1v) is 4.37. The summed E-state index contributed by atoms with van der Waals surface area (Å²) in [4.78, 5) is 14.8. The van der Waals surface area contributed by atoms with Gasteiger partial charge in [-0.15, -0.1) is 0 Å². The summed E-state index contributed by atoms with van der Waals surface area (Å²) in [5.74, 6) is -0.165. The second-order valence-corrected chi connectivity index (χ2v) is 3.91. The Labute approximate surface area is 82.5 Å². The van der Waals surface area contributed by atoms with Crippen molar-refractivity contribution < 1.29 is 9.21 Å². The summed E-state index contributed by atoms with van der Waals surface area (Å²) in [5, 5.41) is 0. The lowest BCUT2D eigenvalue weighted by Crippen LogP contribution is -2.38. The minimum atomic E-state index is -0.597. The molecular weight excluding hydrogens is 182 g/mol. The number of hydrogen-bond acceptors (Lipinski definition) is 4. The number of hydrogen-bond donors (Lipinski definition) is 2. The Morgan fingerprint density at radius 3 is 2.57 bits per heavy atom. The first kappa shape index (κ1) is 10.7. The van der Waals surface area contributed by atoms with Gasteiger partial charge in [-0.05, 0) is 20.8 Å². The summed E-state index contributed by atoms with van der Waals surface area (Å²) >= 11 is 0. The number of oxazole rings is 1. The van der Waals surface area contributed by atoms with Gasteiger partial charge >= 0.3 is 0 Å². The first-order valence-electron chi connectivity index (χ1n) is 4.37. The van der Waals surface area contributed by atoms with Crippen LogP contribution >= 0.6 is 0 Å². The monoisotopic (exact) mass is 197 g/mol. The lowest BCUT2D eigenvalue weighted by molar-refractivity contribution is 0.0995. The maximum Gasteiger partial charge on any atom is 0.270 e. The molecule has 0 aliphatic heterocycles.